The normalized spacial score (nSPS) is 21.3. The van der Waals surface area contributed by atoms with Crippen molar-refractivity contribution in [3.8, 4) is 0 Å². The van der Waals surface area contributed by atoms with E-state index in [9.17, 15) is 0 Å². The molecule has 12 heavy (non-hydrogen) atoms. The molecule has 0 saturated heterocycles. The van der Waals surface area contributed by atoms with Crippen LogP contribution >= 0.6 is 0 Å². The molecule has 0 aromatic carbocycles. The van der Waals surface area contributed by atoms with E-state index < -0.39 is 0 Å². The Morgan fingerprint density at radius 3 is 2.25 bits per heavy atom. The lowest BCUT2D eigenvalue weighted by atomic mass is 10.1. The number of hydrogen-bond donors (Lipinski definition) is 0. The van der Waals surface area contributed by atoms with E-state index in [0.29, 0.717) is 0 Å². The Hall–Kier alpha value is -0.520. The van der Waals surface area contributed by atoms with Gasteiger partial charge in [-0.1, -0.05) is 43.9 Å². The predicted octanol–water partition coefficient (Wildman–Crippen LogP) is 4.04. The van der Waals surface area contributed by atoms with Crippen LogP contribution in [0.15, 0.2) is 18.2 Å². The van der Waals surface area contributed by atoms with Gasteiger partial charge in [-0.3, -0.25) is 0 Å². The lowest BCUT2D eigenvalue weighted by Crippen LogP contribution is -1.80. The maximum atomic E-state index is 3.20. The summed E-state index contributed by atoms with van der Waals surface area (Å²) in [4.78, 5) is 0. The summed E-state index contributed by atoms with van der Waals surface area (Å²) in [5, 5.41) is 0. The molecule has 1 rings (SSSR count). The third-order valence-corrected chi connectivity index (χ3v) is 2.30. The summed E-state index contributed by atoms with van der Waals surface area (Å²) in [6.45, 7) is 0. The van der Waals surface area contributed by atoms with Crippen LogP contribution in [0.25, 0.3) is 0 Å². The molecule has 1 aliphatic carbocycles. The van der Waals surface area contributed by atoms with Gasteiger partial charge in [-0.05, 0) is 31.8 Å². The molecule has 0 aliphatic heterocycles. The van der Waals surface area contributed by atoms with Gasteiger partial charge in [0, 0.05) is 0 Å². The lowest BCUT2D eigenvalue weighted by Gasteiger charge is -1.99. The topological polar surface area (TPSA) is 0 Å². The van der Waals surface area contributed by atoms with Gasteiger partial charge in [0.05, 0.1) is 0 Å². The second-order valence-corrected chi connectivity index (χ2v) is 3.47. The van der Waals surface area contributed by atoms with Gasteiger partial charge in [0.15, 0.2) is 0 Å². The van der Waals surface area contributed by atoms with E-state index in [1.54, 1.807) is 0 Å². The van der Waals surface area contributed by atoms with Crippen LogP contribution in [0, 0.1) is 6.08 Å². The second kappa shape index (κ2) is 7.15. The quantitative estimate of drug-likeness (QED) is 0.505. The molecule has 0 aromatic rings. The van der Waals surface area contributed by atoms with Crippen molar-refractivity contribution in [1.29, 1.82) is 0 Å². The first-order valence-electron chi connectivity index (χ1n) is 5.23. The molecule has 0 nitrogen and oxygen atoms in total. The molecule has 0 heterocycles. The average molecular weight is 163 g/mol. The SMILES string of the molecule is [C]1=CCCCCCCCCC=C1. The highest BCUT2D eigenvalue weighted by atomic mass is 14.0. The Morgan fingerprint density at radius 1 is 0.750 bits per heavy atom. The van der Waals surface area contributed by atoms with Crippen molar-refractivity contribution < 1.29 is 0 Å². The summed E-state index contributed by atoms with van der Waals surface area (Å²) in [7, 11) is 0. The van der Waals surface area contributed by atoms with Crippen LogP contribution in [0.1, 0.15) is 51.4 Å². The first-order valence-corrected chi connectivity index (χ1v) is 5.23. The third-order valence-electron chi connectivity index (χ3n) is 2.30. The number of rotatable bonds is 0. The van der Waals surface area contributed by atoms with Gasteiger partial charge in [-0.15, -0.1) is 0 Å². The standard InChI is InChI=1S/C12H19/c1-2-4-6-8-10-12-11-9-7-5-3-1/h1-2,6H,3,5,7-12H2. The molecule has 0 saturated carbocycles. The Kier molecular flexibility index (Phi) is 5.70. The Balaban J connectivity index is 2.21. The Labute approximate surface area is 76.4 Å². The summed E-state index contributed by atoms with van der Waals surface area (Å²) in [6, 6.07) is 0. The molecule has 0 fully saturated rings. The number of hydrogen-bond acceptors (Lipinski definition) is 0. The summed E-state index contributed by atoms with van der Waals surface area (Å²) < 4.78 is 0. The molecular weight excluding hydrogens is 144 g/mol. The maximum absolute atomic E-state index is 3.20. The first-order chi connectivity index (χ1) is 6.00. The van der Waals surface area contributed by atoms with Gasteiger partial charge in [0.2, 0.25) is 0 Å². The van der Waals surface area contributed by atoms with Crippen molar-refractivity contribution in [2.45, 2.75) is 51.4 Å². The smallest absolute Gasteiger partial charge is 0.0230 e. The van der Waals surface area contributed by atoms with Gasteiger partial charge < -0.3 is 0 Å². The minimum atomic E-state index is 1.21. The van der Waals surface area contributed by atoms with Crippen LogP contribution in [-0.4, -0.2) is 0 Å². The van der Waals surface area contributed by atoms with Crippen LogP contribution in [0.5, 0.6) is 0 Å². The fourth-order valence-electron chi connectivity index (χ4n) is 1.52. The molecule has 0 atom stereocenters. The minimum Gasteiger partial charge on any atom is -0.0839 e. The van der Waals surface area contributed by atoms with Gasteiger partial charge in [0.1, 0.15) is 0 Å². The van der Waals surface area contributed by atoms with E-state index in [1.165, 1.54) is 51.4 Å². The monoisotopic (exact) mass is 163 g/mol. The zero-order valence-electron chi connectivity index (χ0n) is 7.89. The summed E-state index contributed by atoms with van der Waals surface area (Å²) >= 11 is 0. The molecule has 0 heteroatoms. The molecule has 0 N–H and O–H groups in total. The summed E-state index contributed by atoms with van der Waals surface area (Å²) in [5.74, 6) is 0. The second-order valence-electron chi connectivity index (χ2n) is 3.47. The molecule has 1 aliphatic rings. The van der Waals surface area contributed by atoms with Crippen LogP contribution in [0.2, 0.25) is 0 Å². The highest BCUT2D eigenvalue weighted by Gasteiger charge is 1.90. The number of allylic oxidation sites excluding steroid dienone is 4. The van der Waals surface area contributed by atoms with Gasteiger partial charge >= 0.3 is 0 Å². The predicted molar refractivity (Wildman–Crippen MR) is 53.9 cm³/mol. The van der Waals surface area contributed by atoms with Crippen LogP contribution < -0.4 is 0 Å². The first kappa shape index (κ1) is 9.57. The summed E-state index contributed by atoms with van der Waals surface area (Å²) in [5.41, 5.74) is 0. The Morgan fingerprint density at radius 2 is 1.42 bits per heavy atom. The summed E-state index contributed by atoms with van der Waals surface area (Å²) in [6.07, 6.45) is 20.5. The highest BCUT2D eigenvalue weighted by molar-refractivity contribution is 4.95. The fraction of sp³-hybridized carbons (Fsp3) is 0.667. The highest BCUT2D eigenvalue weighted by Crippen LogP contribution is 2.09. The van der Waals surface area contributed by atoms with E-state index in [4.69, 9.17) is 0 Å². The molecule has 1 radical (unpaired) electrons. The van der Waals surface area contributed by atoms with Gasteiger partial charge in [-0.2, -0.15) is 0 Å². The largest absolute Gasteiger partial charge is 0.0839 e. The van der Waals surface area contributed by atoms with Gasteiger partial charge in [0.25, 0.3) is 0 Å². The van der Waals surface area contributed by atoms with Crippen molar-refractivity contribution in [3.05, 3.63) is 24.3 Å². The molecule has 0 aromatic heterocycles. The molecule has 0 amide bonds. The van der Waals surface area contributed by atoms with Crippen molar-refractivity contribution in [2.75, 3.05) is 0 Å². The van der Waals surface area contributed by atoms with Gasteiger partial charge in [-0.25, -0.2) is 0 Å². The molecule has 0 spiro atoms. The fourth-order valence-corrected chi connectivity index (χ4v) is 1.52. The average Bonchev–Trinajstić information content (AvgIpc) is 2.05. The van der Waals surface area contributed by atoms with E-state index in [0.717, 1.165) is 0 Å². The zero-order chi connectivity index (χ0) is 8.49. The van der Waals surface area contributed by atoms with Crippen molar-refractivity contribution in [2.24, 2.45) is 0 Å². The minimum absolute atomic E-state index is 1.21. The lowest BCUT2D eigenvalue weighted by molar-refractivity contribution is 0.599. The molecular formula is C12H19. The van der Waals surface area contributed by atoms with E-state index >= 15 is 0 Å². The Bertz CT molecular complexity index is 124. The molecule has 67 valence electrons. The van der Waals surface area contributed by atoms with E-state index in [2.05, 4.69) is 24.3 Å². The molecule has 0 unspecified atom stereocenters. The van der Waals surface area contributed by atoms with Crippen LogP contribution in [0.4, 0.5) is 0 Å². The van der Waals surface area contributed by atoms with Crippen molar-refractivity contribution >= 4 is 0 Å². The maximum Gasteiger partial charge on any atom is -0.0230 e. The van der Waals surface area contributed by atoms with E-state index in [-0.39, 0.29) is 0 Å². The third kappa shape index (κ3) is 5.17. The van der Waals surface area contributed by atoms with Crippen LogP contribution in [0.3, 0.4) is 0 Å². The van der Waals surface area contributed by atoms with E-state index in [1.807, 2.05) is 0 Å². The zero-order valence-corrected chi connectivity index (χ0v) is 7.89. The molecule has 0 bridgehead atoms. The van der Waals surface area contributed by atoms with Crippen molar-refractivity contribution in [1.82, 2.24) is 0 Å². The van der Waals surface area contributed by atoms with Crippen LogP contribution in [-0.2, 0) is 0 Å². The van der Waals surface area contributed by atoms with Crippen molar-refractivity contribution in [3.63, 3.8) is 0 Å².